The maximum atomic E-state index is 11.9. The lowest BCUT2D eigenvalue weighted by atomic mass is 9.97. The largest absolute Gasteiger partial charge is 0.449 e. The first kappa shape index (κ1) is 10.2. The van der Waals surface area contributed by atoms with Crippen LogP contribution < -0.4 is 5.32 Å². The number of hydrogen-bond acceptors (Lipinski definition) is 3. The van der Waals surface area contributed by atoms with Crippen LogP contribution in [-0.2, 0) is 9.53 Å². The summed E-state index contributed by atoms with van der Waals surface area (Å²) in [5.74, 6) is 1.71. The Morgan fingerprint density at radius 2 is 2.20 bits per heavy atom. The molecule has 4 nitrogen and oxygen atoms in total. The first-order valence-corrected chi connectivity index (χ1v) is 5.25. The van der Waals surface area contributed by atoms with Crippen LogP contribution in [0.5, 0.6) is 0 Å². The highest BCUT2D eigenvalue weighted by atomic mass is 16.6. The van der Waals surface area contributed by atoms with E-state index in [2.05, 4.69) is 11.9 Å². The molecule has 0 aromatic carbocycles. The van der Waals surface area contributed by atoms with Gasteiger partial charge in [0.25, 0.3) is 0 Å². The van der Waals surface area contributed by atoms with Crippen molar-refractivity contribution in [2.45, 2.75) is 12.8 Å². The molecule has 2 rings (SSSR count). The van der Waals surface area contributed by atoms with Crippen LogP contribution in [0.15, 0.2) is 24.3 Å². The van der Waals surface area contributed by atoms with E-state index in [1.54, 1.807) is 18.1 Å². The molecular formula is C11H16N2O2. The van der Waals surface area contributed by atoms with Crippen molar-refractivity contribution in [1.82, 2.24) is 10.2 Å². The van der Waals surface area contributed by atoms with Crippen LogP contribution in [0.1, 0.15) is 12.8 Å². The van der Waals surface area contributed by atoms with Gasteiger partial charge in [-0.1, -0.05) is 6.58 Å². The summed E-state index contributed by atoms with van der Waals surface area (Å²) in [6.45, 7) is 5.50. The van der Waals surface area contributed by atoms with E-state index in [1.807, 2.05) is 0 Å². The topological polar surface area (TPSA) is 44.9 Å². The van der Waals surface area contributed by atoms with Gasteiger partial charge in [0.05, 0.1) is 6.20 Å². The maximum absolute atomic E-state index is 11.9. The molecule has 2 heterocycles. The Labute approximate surface area is 89.6 Å². The molecule has 2 aliphatic rings. The molecular weight excluding hydrogens is 192 g/mol. The summed E-state index contributed by atoms with van der Waals surface area (Å²) >= 11 is 0. The molecule has 0 saturated carbocycles. The van der Waals surface area contributed by atoms with E-state index in [-0.39, 0.29) is 11.8 Å². The molecule has 2 fully saturated rings. The van der Waals surface area contributed by atoms with Crippen LogP contribution in [0.4, 0.5) is 0 Å². The maximum Gasteiger partial charge on any atom is 0.229 e. The Bertz CT molecular complexity index is 317. The van der Waals surface area contributed by atoms with Gasteiger partial charge < -0.3 is 15.0 Å². The van der Waals surface area contributed by atoms with E-state index >= 15 is 0 Å². The molecule has 0 bridgehead atoms. The molecule has 0 spiro atoms. The summed E-state index contributed by atoms with van der Waals surface area (Å²) in [6, 6.07) is 0. The number of rotatable bonds is 2. The number of hydrogen-bond donors (Lipinski definition) is 1. The number of nitrogens with zero attached hydrogens (tertiary/aromatic N) is 1. The van der Waals surface area contributed by atoms with Gasteiger partial charge in [0.2, 0.25) is 5.91 Å². The normalized spacial score (nSPS) is 23.8. The first-order valence-electron chi connectivity index (χ1n) is 5.25. The zero-order valence-corrected chi connectivity index (χ0v) is 8.95. The van der Waals surface area contributed by atoms with Gasteiger partial charge in [-0.3, -0.25) is 4.79 Å². The highest BCUT2D eigenvalue weighted by molar-refractivity contribution is 5.79. The third-order valence-electron chi connectivity index (χ3n) is 2.81. The predicted octanol–water partition coefficient (Wildman–Crippen LogP) is 0.830. The molecule has 0 aromatic heterocycles. The second-order valence-corrected chi connectivity index (χ2v) is 3.99. The number of carbonyl (C=O) groups is 1. The van der Waals surface area contributed by atoms with Gasteiger partial charge in [-0.2, -0.15) is 0 Å². The predicted molar refractivity (Wildman–Crippen MR) is 56.7 cm³/mol. The van der Waals surface area contributed by atoms with Crippen LogP contribution in [-0.4, -0.2) is 30.9 Å². The fraction of sp³-hybridized carbons (Fsp3) is 0.545. The van der Waals surface area contributed by atoms with E-state index in [1.165, 1.54) is 0 Å². The lowest BCUT2D eigenvalue weighted by Gasteiger charge is -2.24. The molecule has 0 atom stereocenters. The molecule has 0 aromatic rings. The zero-order valence-electron chi connectivity index (χ0n) is 8.95. The fourth-order valence-corrected chi connectivity index (χ4v) is 1.80. The second-order valence-electron chi connectivity index (χ2n) is 3.99. The van der Waals surface area contributed by atoms with Crippen LogP contribution in [0, 0.1) is 5.92 Å². The van der Waals surface area contributed by atoms with Crippen LogP contribution >= 0.6 is 0 Å². The Balaban J connectivity index is 1.91. The van der Waals surface area contributed by atoms with Crippen molar-refractivity contribution in [3.63, 3.8) is 0 Å². The summed E-state index contributed by atoms with van der Waals surface area (Å²) in [6.07, 6.45) is 3.56. The summed E-state index contributed by atoms with van der Waals surface area (Å²) in [7, 11) is 1.77. The highest BCUT2D eigenvalue weighted by Gasteiger charge is 2.27. The van der Waals surface area contributed by atoms with E-state index in [9.17, 15) is 4.79 Å². The Morgan fingerprint density at radius 1 is 1.60 bits per heavy atom. The van der Waals surface area contributed by atoms with E-state index in [0.717, 1.165) is 31.7 Å². The number of epoxide rings is 1. The molecule has 0 unspecified atom stereocenters. The molecule has 82 valence electrons. The Kier molecular flexibility index (Phi) is 2.77. The summed E-state index contributed by atoms with van der Waals surface area (Å²) in [4.78, 5) is 13.6. The SMILES string of the molecule is C=C1O/C1=C/N(C)C(=O)C1CCNCC1. The first-order chi connectivity index (χ1) is 7.18. The summed E-state index contributed by atoms with van der Waals surface area (Å²) in [5.41, 5.74) is 0. The smallest absolute Gasteiger partial charge is 0.229 e. The molecule has 1 N–H and O–H groups in total. The number of piperidine rings is 1. The number of carbonyl (C=O) groups excluding carboxylic acids is 1. The average Bonchev–Trinajstić information content (AvgIpc) is 2.94. The fourth-order valence-electron chi connectivity index (χ4n) is 1.80. The highest BCUT2D eigenvalue weighted by Crippen LogP contribution is 2.30. The molecule has 15 heavy (non-hydrogen) atoms. The van der Waals surface area contributed by atoms with Crippen molar-refractivity contribution in [2.75, 3.05) is 20.1 Å². The minimum absolute atomic E-state index is 0.153. The van der Waals surface area contributed by atoms with Gasteiger partial charge in [0.1, 0.15) is 0 Å². The Hall–Kier alpha value is -1.29. The number of amides is 1. The third-order valence-corrected chi connectivity index (χ3v) is 2.81. The number of nitrogens with one attached hydrogen (secondary N) is 1. The third kappa shape index (κ3) is 2.39. The quantitative estimate of drug-likeness (QED) is 0.684. The van der Waals surface area contributed by atoms with Crippen molar-refractivity contribution in [1.29, 1.82) is 0 Å². The molecule has 2 saturated heterocycles. The van der Waals surface area contributed by atoms with Crippen molar-refractivity contribution >= 4 is 5.91 Å². The minimum Gasteiger partial charge on any atom is -0.449 e. The van der Waals surface area contributed by atoms with Gasteiger partial charge in [-0.05, 0) is 25.9 Å². The second kappa shape index (κ2) is 4.06. The number of ether oxygens (including phenoxy) is 1. The Morgan fingerprint density at radius 3 is 2.73 bits per heavy atom. The molecule has 1 amide bonds. The summed E-state index contributed by atoms with van der Waals surface area (Å²) < 4.78 is 4.99. The van der Waals surface area contributed by atoms with Gasteiger partial charge in [0.15, 0.2) is 11.5 Å². The summed E-state index contributed by atoms with van der Waals surface area (Å²) in [5, 5.41) is 3.24. The lowest BCUT2D eigenvalue weighted by Crippen LogP contribution is -2.37. The average molecular weight is 208 g/mol. The van der Waals surface area contributed by atoms with Gasteiger partial charge in [0, 0.05) is 13.0 Å². The van der Waals surface area contributed by atoms with Crippen molar-refractivity contribution in [3.8, 4) is 0 Å². The van der Waals surface area contributed by atoms with Crippen LogP contribution in [0.3, 0.4) is 0 Å². The van der Waals surface area contributed by atoms with Crippen LogP contribution in [0.25, 0.3) is 0 Å². The van der Waals surface area contributed by atoms with Crippen molar-refractivity contribution < 1.29 is 9.53 Å². The van der Waals surface area contributed by atoms with Crippen molar-refractivity contribution in [3.05, 3.63) is 24.3 Å². The zero-order chi connectivity index (χ0) is 10.8. The lowest BCUT2D eigenvalue weighted by molar-refractivity contribution is -0.132. The monoisotopic (exact) mass is 208 g/mol. The molecule has 2 aliphatic heterocycles. The minimum atomic E-state index is 0.153. The van der Waals surface area contributed by atoms with Gasteiger partial charge in [-0.15, -0.1) is 0 Å². The van der Waals surface area contributed by atoms with E-state index in [0.29, 0.717) is 5.76 Å². The van der Waals surface area contributed by atoms with Gasteiger partial charge in [-0.25, -0.2) is 0 Å². The van der Waals surface area contributed by atoms with Gasteiger partial charge >= 0.3 is 0 Å². The standard InChI is InChI=1S/C11H16N2O2/c1-8-10(15-8)7-13(2)11(14)9-3-5-12-6-4-9/h7,9,12H,1,3-6H2,2H3/b10-7+. The van der Waals surface area contributed by atoms with Crippen LogP contribution in [0.2, 0.25) is 0 Å². The molecule has 0 radical (unpaired) electrons. The van der Waals surface area contributed by atoms with E-state index < -0.39 is 0 Å². The molecule has 0 aliphatic carbocycles. The van der Waals surface area contributed by atoms with E-state index in [4.69, 9.17) is 4.74 Å². The van der Waals surface area contributed by atoms with Crippen molar-refractivity contribution in [2.24, 2.45) is 5.92 Å². The molecule has 4 heteroatoms.